The van der Waals surface area contributed by atoms with E-state index in [1.54, 1.807) is 7.11 Å². The van der Waals surface area contributed by atoms with E-state index in [9.17, 15) is 4.57 Å². The van der Waals surface area contributed by atoms with Crippen LogP contribution in [0.3, 0.4) is 0 Å². The normalized spacial score (nSPS) is 26.6. The summed E-state index contributed by atoms with van der Waals surface area (Å²) in [4.78, 5) is 0. The van der Waals surface area contributed by atoms with Crippen LogP contribution in [0, 0.1) is 0 Å². The number of halogens is 1. The van der Waals surface area contributed by atoms with E-state index in [-0.39, 0.29) is 0 Å². The number of nitrogens with zero attached hydrogens (tertiary/aromatic N) is 2. The van der Waals surface area contributed by atoms with Crippen molar-refractivity contribution >= 4 is 34.4 Å². The third-order valence-electron chi connectivity index (χ3n) is 4.91. The molecule has 0 aromatic heterocycles. The van der Waals surface area contributed by atoms with Crippen LogP contribution in [-0.4, -0.2) is 30.9 Å². The van der Waals surface area contributed by atoms with Crippen LogP contribution in [0.2, 0.25) is 0 Å². The molecule has 6 heteroatoms. The van der Waals surface area contributed by atoms with E-state index in [0.717, 1.165) is 41.4 Å². The molecule has 0 bridgehead atoms. The zero-order valence-electron chi connectivity index (χ0n) is 13.6. The van der Waals surface area contributed by atoms with Crippen molar-refractivity contribution in [2.75, 3.05) is 24.9 Å². The van der Waals surface area contributed by atoms with Gasteiger partial charge in [0, 0.05) is 29.3 Å². The molecule has 2 fully saturated rings. The number of anilines is 1. The summed E-state index contributed by atoms with van der Waals surface area (Å²) >= 11 is 3.53. The Labute approximate surface area is 151 Å². The Morgan fingerprint density at radius 1 is 1.21 bits per heavy atom. The summed E-state index contributed by atoms with van der Waals surface area (Å²) < 4.78 is 25.2. The van der Waals surface area contributed by atoms with E-state index in [1.807, 2.05) is 48.5 Å². The third kappa shape index (κ3) is 2.42. The Balaban J connectivity index is 1.90. The van der Waals surface area contributed by atoms with Gasteiger partial charge in [-0.15, -0.1) is 0 Å². The van der Waals surface area contributed by atoms with Gasteiger partial charge in [0.1, 0.15) is 5.75 Å². The summed E-state index contributed by atoms with van der Waals surface area (Å²) in [5, 5.41) is 0.785. The maximum Gasteiger partial charge on any atom is 0.273 e. The summed E-state index contributed by atoms with van der Waals surface area (Å²) in [6.07, 6.45) is 2.21. The number of fused-ring (bicyclic) bond motifs is 1. The largest absolute Gasteiger partial charge is 0.496 e. The first kappa shape index (κ1) is 16.2. The van der Waals surface area contributed by atoms with Crippen molar-refractivity contribution in [3.05, 3.63) is 53.0 Å². The monoisotopic (exact) mass is 406 g/mol. The maximum atomic E-state index is 14.4. The van der Waals surface area contributed by atoms with Crippen LogP contribution in [0.25, 0.3) is 0 Å². The van der Waals surface area contributed by atoms with Crippen LogP contribution in [0.15, 0.2) is 53.0 Å². The van der Waals surface area contributed by atoms with Gasteiger partial charge in [0.25, 0.3) is 7.44 Å². The van der Waals surface area contributed by atoms with Gasteiger partial charge in [-0.2, -0.15) is 0 Å². The van der Waals surface area contributed by atoms with E-state index in [0.29, 0.717) is 11.8 Å². The molecular weight excluding hydrogens is 387 g/mol. The molecule has 0 spiro atoms. The lowest BCUT2D eigenvalue weighted by atomic mass is 10.2. The van der Waals surface area contributed by atoms with Gasteiger partial charge < -0.3 is 9.41 Å². The highest BCUT2D eigenvalue weighted by atomic mass is 79.9. The molecule has 2 aromatic carbocycles. The molecule has 4 rings (SSSR count). The van der Waals surface area contributed by atoms with Crippen LogP contribution >= 0.6 is 23.4 Å². The second-order valence-corrected chi connectivity index (χ2v) is 9.72. The first-order chi connectivity index (χ1) is 11.6. The predicted molar refractivity (Wildman–Crippen MR) is 101 cm³/mol. The number of para-hydroxylation sites is 1. The number of hydrogen-bond donors (Lipinski definition) is 0. The van der Waals surface area contributed by atoms with Gasteiger partial charge in [0.2, 0.25) is 0 Å². The molecule has 2 aromatic rings. The van der Waals surface area contributed by atoms with E-state index >= 15 is 0 Å². The van der Waals surface area contributed by atoms with E-state index in [1.165, 1.54) is 0 Å². The minimum absolute atomic E-state index is 0.347. The second-order valence-electron chi connectivity index (χ2n) is 6.24. The fraction of sp³-hybridized carbons (Fsp3) is 0.333. The van der Waals surface area contributed by atoms with Crippen LogP contribution in [0.5, 0.6) is 5.75 Å². The molecule has 0 amide bonds. The van der Waals surface area contributed by atoms with Gasteiger partial charge in [-0.05, 0) is 43.2 Å². The number of ether oxygens (including phenoxy) is 1. The standard InChI is InChI=1S/C18H20BrN2O2P/c1-23-17-10-9-14(19)12-18(17)24(22)20-11-5-8-16(20)13-21(24)15-6-3-2-4-7-15/h2-4,6-7,9-10,12,16H,5,8,11,13H2,1H3/t16-,24-/m1/s1. The Morgan fingerprint density at radius 3 is 2.75 bits per heavy atom. The highest BCUT2D eigenvalue weighted by Crippen LogP contribution is 2.63. The molecular formula is C18H20BrN2O2P. The van der Waals surface area contributed by atoms with E-state index in [4.69, 9.17) is 4.74 Å². The molecule has 2 heterocycles. The lowest BCUT2D eigenvalue weighted by molar-refractivity contribution is 0.413. The second kappa shape index (κ2) is 6.21. The fourth-order valence-corrected chi connectivity index (χ4v) is 7.85. The predicted octanol–water partition coefficient (Wildman–Crippen LogP) is 4.26. The van der Waals surface area contributed by atoms with Gasteiger partial charge in [-0.3, -0.25) is 4.57 Å². The summed E-state index contributed by atoms with van der Waals surface area (Å²) in [5.41, 5.74) is 1.01. The molecule has 0 N–H and O–H groups in total. The third-order valence-corrected chi connectivity index (χ3v) is 8.66. The molecule has 2 atom stereocenters. The summed E-state index contributed by atoms with van der Waals surface area (Å²) in [6, 6.07) is 16.2. The van der Waals surface area contributed by atoms with Crippen molar-refractivity contribution in [1.82, 2.24) is 4.67 Å². The van der Waals surface area contributed by atoms with Crippen LogP contribution in [-0.2, 0) is 4.57 Å². The summed E-state index contributed by atoms with van der Waals surface area (Å²) in [7, 11) is -1.29. The summed E-state index contributed by atoms with van der Waals surface area (Å²) in [5.74, 6) is 0.690. The average molecular weight is 407 g/mol. The van der Waals surface area contributed by atoms with Gasteiger partial charge in [-0.25, -0.2) is 4.67 Å². The lowest BCUT2D eigenvalue weighted by Gasteiger charge is -2.32. The van der Waals surface area contributed by atoms with Crippen LogP contribution in [0.1, 0.15) is 12.8 Å². The number of benzene rings is 2. The zero-order valence-corrected chi connectivity index (χ0v) is 16.0. The molecule has 2 aliphatic heterocycles. The topological polar surface area (TPSA) is 32.8 Å². The van der Waals surface area contributed by atoms with Crippen molar-refractivity contribution in [1.29, 1.82) is 0 Å². The van der Waals surface area contributed by atoms with Gasteiger partial charge in [-0.1, -0.05) is 34.1 Å². The van der Waals surface area contributed by atoms with Crippen molar-refractivity contribution in [3.8, 4) is 5.75 Å². The first-order valence-electron chi connectivity index (χ1n) is 8.19. The first-order valence-corrected chi connectivity index (χ1v) is 10.6. The minimum Gasteiger partial charge on any atom is -0.496 e. The average Bonchev–Trinajstić information content (AvgIpc) is 3.18. The highest BCUT2D eigenvalue weighted by Gasteiger charge is 2.52. The molecule has 24 heavy (non-hydrogen) atoms. The van der Waals surface area contributed by atoms with Gasteiger partial charge >= 0.3 is 0 Å². The summed E-state index contributed by atoms with van der Waals surface area (Å²) in [6.45, 7) is 1.68. The number of rotatable bonds is 3. The minimum atomic E-state index is -2.93. The van der Waals surface area contributed by atoms with Crippen molar-refractivity contribution < 1.29 is 9.30 Å². The quantitative estimate of drug-likeness (QED) is 0.712. The Kier molecular flexibility index (Phi) is 4.19. The van der Waals surface area contributed by atoms with E-state index in [2.05, 4.69) is 25.3 Å². The Morgan fingerprint density at radius 2 is 2.00 bits per heavy atom. The maximum absolute atomic E-state index is 14.4. The van der Waals surface area contributed by atoms with Gasteiger partial charge in [0.15, 0.2) is 0 Å². The molecule has 2 aliphatic rings. The highest BCUT2D eigenvalue weighted by molar-refractivity contribution is 9.10. The Bertz CT molecular complexity index is 799. The molecule has 0 aliphatic carbocycles. The molecule has 126 valence electrons. The number of hydrogen-bond acceptors (Lipinski definition) is 2. The molecule has 0 saturated carbocycles. The Hall–Kier alpha value is -1.29. The van der Waals surface area contributed by atoms with Gasteiger partial charge in [0.05, 0.1) is 12.4 Å². The van der Waals surface area contributed by atoms with Crippen molar-refractivity contribution in [2.45, 2.75) is 18.9 Å². The van der Waals surface area contributed by atoms with Crippen molar-refractivity contribution in [2.24, 2.45) is 0 Å². The van der Waals surface area contributed by atoms with E-state index < -0.39 is 7.44 Å². The fourth-order valence-electron chi connectivity index (χ4n) is 3.83. The lowest BCUT2D eigenvalue weighted by Crippen LogP contribution is -2.28. The van der Waals surface area contributed by atoms with Crippen LogP contribution in [0.4, 0.5) is 5.69 Å². The molecule has 2 saturated heterocycles. The SMILES string of the molecule is COc1ccc(Br)cc1[P@]1(=O)N(c2ccccc2)C[C@H]2CCCN21. The van der Waals surface area contributed by atoms with Crippen molar-refractivity contribution in [3.63, 3.8) is 0 Å². The van der Waals surface area contributed by atoms with Crippen LogP contribution < -0.4 is 14.7 Å². The molecule has 0 unspecified atom stereocenters. The molecule has 0 radical (unpaired) electrons. The molecule has 4 nitrogen and oxygen atoms in total. The zero-order chi connectivity index (χ0) is 16.7. The number of methoxy groups -OCH3 is 1. The smallest absolute Gasteiger partial charge is 0.273 e.